The molecule has 0 aliphatic heterocycles. The minimum Gasteiger partial charge on any atom is -0.295 e. The van der Waals surface area contributed by atoms with Crippen LogP contribution in [-0.2, 0) is 0 Å². The van der Waals surface area contributed by atoms with Crippen LogP contribution in [0.3, 0.4) is 0 Å². The zero-order chi connectivity index (χ0) is 11.7. The van der Waals surface area contributed by atoms with Crippen LogP contribution in [0.25, 0.3) is 5.69 Å². The van der Waals surface area contributed by atoms with Gasteiger partial charge in [-0.3, -0.25) is 9.36 Å². The minimum absolute atomic E-state index is 0.0756. The van der Waals surface area contributed by atoms with Crippen LogP contribution in [-0.4, -0.2) is 15.3 Å². The fourth-order valence-electron chi connectivity index (χ4n) is 1.37. The Bertz CT molecular complexity index is 549. The molecule has 2 aromatic rings. The van der Waals surface area contributed by atoms with E-state index in [0.717, 1.165) is 18.7 Å². The molecule has 0 saturated heterocycles. The van der Waals surface area contributed by atoms with E-state index in [-0.39, 0.29) is 5.78 Å². The zero-order valence-corrected chi connectivity index (χ0v) is 12.8. The van der Waals surface area contributed by atoms with Crippen LogP contribution in [0.4, 0.5) is 0 Å². The van der Waals surface area contributed by atoms with Crippen molar-refractivity contribution in [2.24, 2.45) is 0 Å². The summed E-state index contributed by atoms with van der Waals surface area (Å²) in [7, 11) is 0. The van der Waals surface area contributed by atoms with Crippen molar-refractivity contribution in [3.8, 4) is 5.69 Å². The summed E-state index contributed by atoms with van der Waals surface area (Å²) in [6.07, 6.45) is 1.77. The molecule has 0 N–H and O–H groups in total. The van der Waals surface area contributed by atoms with Gasteiger partial charge in [-0.1, -0.05) is 12.1 Å². The largest absolute Gasteiger partial charge is 0.295 e. The molecule has 0 spiro atoms. The van der Waals surface area contributed by atoms with E-state index in [2.05, 4.69) is 50.2 Å². The van der Waals surface area contributed by atoms with Crippen molar-refractivity contribution in [1.82, 2.24) is 9.55 Å². The van der Waals surface area contributed by atoms with E-state index in [9.17, 15) is 4.79 Å². The Labute approximate surface area is 121 Å². The van der Waals surface area contributed by atoms with Gasteiger partial charge in [0.15, 0.2) is 5.78 Å². The van der Waals surface area contributed by atoms with E-state index in [1.807, 2.05) is 28.8 Å². The van der Waals surface area contributed by atoms with Crippen molar-refractivity contribution in [2.45, 2.75) is 6.92 Å². The highest BCUT2D eigenvalue weighted by molar-refractivity contribution is 14.1. The van der Waals surface area contributed by atoms with Gasteiger partial charge in [0.25, 0.3) is 0 Å². The average Bonchev–Trinajstić information content (AvgIpc) is 2.60. The maximum absolute atomic E-state index is 11.3. The number of imidazole rings is 1. The third-order valence-electron chi connectivity index (χ3n) is 2.20. The monoisotopic (exact) mass is 438 g/mol. The van der Waals surface area contributed by atoms with Crippen LogP contribution in [0.15, 0.2) is 30.6 Å². The molecule has 1 aromatic carbocycles. The van der Waals surface area contributed by atoms with Gasteiger partial charge in [0.2, 0.25) is 0 Å². The lowest BCUT2D eigenvalue weighted by Gasteiger charge is -2.05. The number of nitrogens with zero attached hydrogens (tertiary/aromatic N) is 2. The quantitative estimate of drug-likeness (QED) is 0.533. The maximum Gasteiger partial charge on any atom is 0.159 e. The predicted molar refractivity (Wildman–Crippen MR) is 79.0 cm³/mol. The number of Topliss-reactive ketones (excluding diaryl/α,β-unsaturated/α-hetero) is 1. The molecule has 0 fully saturated rings. The fourth-order valence-corrected chi connectivity index (χ4v) is 2.29. The molecule has 0 amide bonds. The van der Waals surface area contributed by atoms with Gasteiger partial charge >= 0.3 is 0 Å². The molecular formula is C11H8I2N2O. The van der Waals surface area contributed by atoms with Gasteiger partial charge in [0.05, 0.1) is 0 Å². The zero-order valence-electron chi connectivity index (χ0n) is 8.45. The number of halogens is 2. The lowest BCUT2D eigenvalue weighted by atomic mass is 10.1. The summed E-state index contributed by atoms with van der Waals surface area (Å²) in [6.45, 7) is 1.57. The third-order valence-corrected chi connectivity index (χ3v) is 5.05. The summed E-state index contributed by atoms with van der Waals surface area (Å²) >= 11 is 4.43. The van der Waals surface area contributed by atoms with E-state index < -0.39 is 0 Å². The Hall–Kier alpha value is -0.440. The molecule has 5 heteroatoms. The van der Waals surface area contributed by atoms with E-state index in [1.165, 1.54) is 0 Å². The van der Waals surface area contributed by atoms with Gasteiger partial charge in [-0.25, -0.2) is 4.98 Å². The SMILES string of the molecule is CC(=O)c1cccc(-n2cnc(I)c2I)c1. The molecule has 1 aromatic heterocycles. The molecule has 0 unspecified atom stereocenters. The molecule has 16 heavy (non-hydrogen) atoms. The maximum atomic E-state index is 11.3. The van der Waals surface area contributed by atoms with Crippen molar-refractivity contribution in [1.29, 1.82) is 0 Å². The first kappa shape index (κ1) is 12.0. The number of ketones is 1. The van der Waals surface area contributed by atoms with Crippen molar-refractivity contribution in [2.75, 3.05) is 0 Å². The van der Waals surface area contributed by atoms with Gasteiger partial charge in [0.1, 0.15) is 13.7 Å². The third kappa shape index (κ3) is 2.29. The molecular weight excluding hydrogens is 430 g/mol. The van der Waals surface area contributed by atoms with Crippen LogP contribution < -0.4 is 0 Å². The van der Waals surface area contributed by atoms with Crippen molar-refractivity contribution < 1.29 is 4.79 Å². The lowest BCUT2D eigenvalue weighted by molar-refractivity contribution is 0.101. The smallest absolute Gasteiger partial charge is 0.159 e. The summed E-state index contributed by atoms with van der Waals surface area (Å²) in [4.78, 5) is 15.5. The Kier molecular flexibility index (Phi) is 3.63. The normalized spacial score (nSPS) is 10.4. The summed E-state index contributed by atoms with van der Waals surface area (Å²) in [5.41, 5.74) is 1.68. The standard InChI is InChI=1S/C11H8I2N2O/c1-7(16)8-3-2-4-9(5-8)15-6-14-10(12)11(15)13/h2-6H,1H3. The lowest BCUT2D eigenvalue weighted by Crippen LogP contribution is -1.98. The van der Waals surface area contributed by atoms with Gasteiger partial charge in [-0.05, 0) is 64.2 Å². The molecule has 0 atom stereocenters. The molecule has 0 radical (unpaired) electrons. The number of carbonyl (C=O) groups is 1. The van der Waals surface area contributed by atoms with Gasteiger partial charge in [0, 0.05) is 11.3 Å². The van der Waals surface area contributed by atoms with Crippen LogP contribution in [0.5, 0.6) is 0 Å². The Morgan fingerprint density at radius 3 is 2.69 bits per heavy atom. The second-order valence-electron chi connectivity index (χ2n) is 3.30. The van der Waals surface area contributed by atoms with E-state index in [0.29, 0.717) is 0 Å². The first-order valence-corrected chi connectivity index (χ1v) is 6.75. The van der Waals surface area contributed by atoms with Crippen LogP contribution in [0, 0.1) is 7.40 Å². The Morgan fingerprint density at radius 1 is 1.38 bits per heavy atom. The second-order valence-corrected chi connectivity index (χ2v) is 5.35. The summed E-state index contributed by atoms with van der Waals surface area (Å²) in [6, 6.07) is 7.55. The number of hydrogen-bond donors (Lipinski definition) is 0. The van der Waals surface area contributed by atoms with E-state index in [4.69, 9.17) is 0 Å². The fraction of sp³-hybridized carbons (Fsp3) is 0.0909. The van der Waals surface area contributed by atoms with Gasteiger partial charge in [-0.2, -0.15) is 0 Å². The highest BCUT2D eigenvalue weighted by Gasteiger charge is 2.08. The summed E-state index contributed by atoms with van der Waals surface area (Å²) < 4.78 is 3.99. The van der Waals surface area contributed by atoms with Gasteiger partial charge in [-0.15, -0.1) is 0 Å². The first-order valence-electron chi connectivity index (χ1n) is 4.59. The topological polar surface area (TPSA) is 34.9 Å². The van der Waals surface area contributed by atoms with Crippen LogP contribution >= 0.6 is 45.2 Å². The highest BCUT2D eigenvalue weighted by Crippen LogP contribution is 2.19. The van der Waals surface area contributed by atoms with Gasteiger partial charge < -0.3 is 0 Å². The number of rotatable bonds is 2. The number of carbonyl (C=O) groups excluding carboxylic acids is 1. The molecule has 0 saturated carbocycles. The highest BCUT2D eigenvalue weighted by atomic mass is 127. The molecule has 82 valence electrons. The van der Waals surface area contributed by atoms with Crippen molar-refractivity contribution in [3.05, 3.63) is 43.6 Å². The van der Waals surface area contributed by atoms with Crippen molar-refractivity contribution >= 4 is 51.0 Å². The number of aromatic nitrogens is 2. The van der Waals surface area contributed by atoms with Crippen molar-refractivity contribution in [3.63, 3.8) is 0 Å². The minimum atomic E-state index is 0.0756. The Balaban J connectivity index is 2.52. The molecule has 2 rings (SSSR count). The van der Waals surface area contributed by atoms with Crippen LogP contribution in [0.2, 0.25) is 0 Å². The van der Waals surface area contributed by atoms with E-state index >= 15 is 0 Å². The molecule has 0 bridgehead atoms. The molecule has 0 aliphatic carbocycles. The first-order chi connectivity index (χ1) is 7.59. The summed E-state index contributed by atoms with van der Waals surface area (Å²) in [5.74, 6) is 0.0756. The Morgan fingerprint density at radius 2 is 2.12 bits per heavy atom. The number of hydrogen-bond acceptors (Lipinski definition) is 2. The van der Waals surface area contributed by atoms with Crippen LogP contribution in [0.1, 0.15) is 17.3 Å². The van der Waals surface area contributed by atoms with E-state index in [1.54, 1.807) is 13.3 Å². The average molecular weight is 438 g/mol. The molecule has 3 nitrogen and oxygen atoms in total. The predicted octanol–water partition coefficient (Wildman–Crippen LogP) is 3.28. The molecule has 0 aliphatic rings. The number of benzene rings is 1. The molecule has 1 heterocycles. The summed E-state index contributed by atoms with van der Waals surface area (Å²) in [5, 5.41) is 0. The second kappa shape index (κ2) is 4.82.